The van der Waals surface area contributed by atoms with E-state index in [-0.39, 0.29) is 10.4 Å². The molecular weight excluding hydrogens is 241 g/mol. The normalized spacial score (nSPS) is 11.9. The van der Waals surface area contributed by atoms with Crippen LogP contribution in [0.5, 0.6) is 0 Å². The number of halogens is 2. The zero-order valence-corrected chi connectivity index (χ0v) is 8.89. The molecule has 0 atom stereocenters. The first-order valence-electron chi connectivity index (χ1n) is 3.97. The molecule has 0 unspecified atom stereocenters. The van der Waals surface area contributed by atoms with Crippen LogP contribution in [-0.4, -0.2) is 13.4 Å². The van der Waals surface area contributed by atoms with Gasteiger partial charge in [0.1, 0.15) is 10.7 Å². The van der Waals surface area contributed by atoms with Gasteiger partial charge in [-0.1, -0.05) is 6.07 Å². The predicted molar refractivity (Wildman–Crippen MR) is 54.7 cm³/mol. The standard InChI is InChI=1S/C9H5ClFNO2S/c10-15(13,14)8-5-7(11)4-6-2-1-3-12-9(6)8/h1-5H. The van der Waals surface area contributed by atoms with Crippen LogP contribution in [0, 0.1) is 5.82 Å². The molecule has 15 heavy (non-hydrogen) atoms. The van der Waals surface area contributed by atoms with Crippen molar-refractivity contribution < 1.29 is 12.8 Å². The third kappa shape index (κ3) is 1.93. The molecule has 1 aromatic heterocycles. The maximum atomic E-state index is 13.1. The molecule has 0 saturated carbocycles. The number of hydrogen-bond donors (Lipinski definition) is 0. The fourth-order valence-corrected chi connectivity index (χ4v) is 2.32. The van der Waals surface area contributed by atoms with Gasteiger partial charge >= 0.3 is 0 Å². The van der Waals surface area contributed by atoms with Crippen LogP contribution >= 0.6 is 10.7 Å². The second kappa shape index (κ2) is 3.43. The highest BCUT2D eigenvalue weighted by molar-refractivity contribution is 8.14. The molecule has 0 aliphatic carbocycles. The number of nitrogens with zero attached hydrogens (tertiary/aromatic N) is 1. The monoisotopic (exact) mass is 245 g/mol. The maximum absolute atomic E-state index is 13.1. The van der Waals surface area contributed by atoms with Crippen molar-refractivity contribution >= 4 is 30.6 Å². The third-order valence-corrected chi connectivity index (χ3v) is 3.23. The molecular formula is C9H5ClFNO2S. The van der Waals surface area contributed by atoms with Gasteiger partial charge in [0, 0.05) is 22.3 Å². The summed E-state index contributed by atoms with van der Waals surface area (Å²) >= 11 is 0. The van der Waals surface area contributed by atoms with Crippen LogP contribution in [0.1, 0.15) is 0 Å². The maximum Gasteiger partial charge on any atom is 0.263 e. The van der Waals surface area contributed by atoms with E-state index in [1.165, 1.54) is 12.3 Å². The molecule has 0 spiro atoms. The Hall–Kier alpha value is -1.20. The van der Waals surface area contributed by atoms with Crippen LogP contribution in [0.2, 0.25) is 0 Å². The molecule has 0 aliphatic heterocycles. The molecule has 0 saturated heterocycles. The highest BCUT2D eigenvalue weighted by atomic mass is 35.7. The lowest BCUT2D eigenvalue weighted by molar-refractivity contribution is 0.604. The van der Waals surface area contributed by atoms with E-state index in [1.54, 1.807) is 12.1 Å². The molecule has 1 heterocycles. The fraction of sp³-hybridized carbons (Fsp3) is 0. The second-order valence-electron chi connectivity index (χ2n) is 2.92. The first-order chi connectivity index (χ1) is 6.98. The van der Waals surface area contributed by atoms with Crippen molar-refractivity contribution in [2.75, 3.05) is 0 Å². The number of rotatable bonds is 1. The summed E-state index contributed by atoms with van der Waals surface area (Å²) in [4.78, 5) is 3.55. The minimum atomic E-state index is -3.98. The Labute approximate surface area is 89.9 Å². The zero-order chi connectivity index (χ0) is 11.1. The van der Waals surface area contributed by atoms with Gasteiger partial charge < -0.3 is 0 Å². The molecule has 0 N–H and O–H groups in total. The molecule has 78 valence electrons. The number of benzene rings is 1. The number of aromatic nitrogens is 1. The van der Waals surface area contributed by atoms with Crippen LogP contribution in [0.15, 0.2) is 35.4 Å². The quantitative estimate of drug-likeness (QED) is 0.725. The third-order valence-electron chi connectivity index (χ3n) is 1.90. The summed E-state index contributed by atoms with van der Waals surface area (Å²) in [6.45, 7) is 0. The van der Waals surface area contributed by atoms with Gasteiger partial charge in [-0.15, -0.1) is 0 Å². The lowest BCUT2D eigenvalue weighted by atomic mass is 10.2. The SMILES string of the molecule is O=S(=O)(Cl)c1cc(F)cc2cccnc12. The van der Waals surface area contributed by atoms with Gasteiger partial charge in [0.2, 0.25) is 0 Å². The molecule has 2 aromatic rings. The van der Waals surface area contributed by atoms with Crippen molar-refractivity contribution in [1.82, 2.24) is 4.98 Å². The summed E-state index contributed by atoms with van der Waals surface area (Å²) in [6, 6.07) is 5.22. The molecule has 0 fully saturated rings. The topological polar surface area (TPSA) is 47.0 Å². The Bertz CT molecular complexity index is 627. The molecule has 0 radical (unpaired) electrons. The molecule has 0 amide bonds. The zero-order valence-electron chi connectivity index (χ0n) is 7.31. The van der Waals surface area contributed by atoms with Gasteiger partial charge in [-0.3, -0.25) is 4.98 Å². The van der Waals surface area contributed by atoms with E-state index in [1.807, 2.05) is 0 Å². The number of fused-ring (bicyclic) bond motifs is 1. The largest absolute Gasteiger partial charge is 0.263 e. The van der Waals surface area contributed by atoms with Gasteiger partial charge in [0.25, 0.3) is 9.05 Å². The highest BCUT2D eigenvalue weighted by Gasteiger charge is 2.16. The molecule has 3 nitrogen and oxygen atoms in total. The summed E-state index contributed by atoms with van der Waals surface area (Å²) < 4.78 is 35.4. The van der Waals surface area contributed by atoms with E-state index in [0.717, 1.165) is 6.07 Å². The minimum Gasteiger partial charge on any atom is -0.255 e. The minimum absolute atomic E-state index is 0.175. The van der Waals surface area contributed by atoms with E-state index in [0.29, 0.717) is 5.39 Å². The Balaban J connectivity index is 2.96. The summed E-state index contributed by atoms with van der Waals surface area (Å²) in [5.41, 5.74) is 0.175. The molecule has 1 aromatic carbocycles. The number of pyridine rings is 1. The Morgan fingerprint density at radius 2 is 2.07 bits per heavy atom. The van der Waals surface area contributed by atoms with Crippen molar-refractivity contribution in [2.45, 2.75) is 4.90 Å². The smallest absolute Gasteiger partial charge is 0.255 e. The average molecular weight is 246 g/mol. The van der Waals surface area contributed by atoms with Gasteiger partial charge in [0.05, 0.1) is 5.52 Å². The Kier molecular flexibility index (Phi) is 2.36. The lowest BCUT2D eigenvalue weighted by Gasteiger charge is -2.02. The van der Waals surface area contributed by atoms with E-state index < -0.39 is 14.9 Å². The molecule has 2 rings (SSSR count). The van der Waals surface area contributed by atoms with Gasteiger partial charge in [0.15, 0.2) is 0 Å². The first kappa shape index (κ1) is 10.3. The highest BCUT2D eigenvalue weighted by Crippen LogP contribution is 2.25. The van der Waals surface area contributed by atoms with Crippen LogP contribution in [0.4, 0.5) is 4.39 Å². The van der Waals surface area contributed by atoms with Crippen LogP contribution < -0.4 is 0 Å². The Morgan fingerprint density at radius 1 is 1.33 bits per heavy atom. The summed E-state index contributed by atoms with van der Waals surface area (Å²) in [5, 5.41) is 0.400. The van der Waals surface area contributed by atoms with E-state index >= 15 is 0 Å². The van der Waals surface area contributed by atoms with E-state index in [9.17, 15) is 12.8 Å². The Morgan fingerprint density at radius 3 is 2.73 bits per heavy atom. The van der Waals surface area contributed by atoms with Crippen molar-refractivity contribution in [3.8, 4) is 0 Å². The molecule has 6 heteroatoms. The van der Waals surface area contributed by atoms with E-state index in [4.69, 9.17) is 10.7 Å². The summed E-state index contributed by atoms with van der Waals surface area (Å²) in [6.07, 6.45) is 1.42. The lowest BCUT2D eigenvalue weighted by Crippen LogP contribution is -1.95. The first-order valence-corrected chi connectivity index (χ1v) is 6.28. The fourth-order valence-electron chi connectivity index (χ4n) is 1.31. The van der Waals surface area contributed by atoms with Crippen LogP contribution in [0.25, 0.3) is 10.9 Å². The summed E-state index contributed by atoms with van der Waals surface area (Å²) in [7, 11) is 1.19. The van der Waals surface area contributed by atoms with Crippen molar-refractivity contribution in [2.24, 2.45) is 0 Å². The summed E-state index contributed by atoms with van der Waals surface area (Å²) in [5.74, 6) is -0.658. The van der Waals surface area contributed by atoms with Crippen molar-refractivity contribution in [3.05, 3.63) is 36.3 Å². The van der Waals surface area contributed by atoms with E-state index in [2.05, 4.69) is 4.98 Å². The number of hydrogen-bond acceptors (Lipinski definition) is 3. The predicted octanol–water partition coefficient (Wildman–Crippen LogP) is 2.30. The molecule has 0 aliphatic rings. The van der Waals surface area contributed by atoms with Crippen molar-refractivity contribution in [1.29, 1.82) is 0 Å². The van der Waals surface area contributed by atoms with Crippen LogP contribution in [0.3, 0.4) is 0 Å². The second-order valence-corrected chi connectivity index (χ2v) is 5.45. The van der Waals surface area contributed by atoms with Gasteiger partial charge in [-0.05, 0) is 18.2 Å². The molecule has 0 bridgehead atoms. The average Bonchev–Trinajstić information content (AvgIpc) is 2.15. The van der Waals surface area contributed by atoms with Crippen LogP contribution in [-0.2, 0) is 9.05 Å². The van der Waals surface area contributed by atoms with Gasteiger partial charge in [-0.25, -0.2) is 12.8 Å². The van der Waals surface area contributed by atoms with Crippen molar-refractivity contribution in [3.63, 3.8) is 0 Å². The van der Waals surface area contributed by atoms with Gasteiger partial charge in [-0.2, -0.15) is 0 Å².